The molecule has 0 amide bonds. The number of nitrogens with one attached hydrogen (secondary N) is 1. The van der Waals surface area contributed by atoms with Gasteiger partial charge in [-0.1, -0.05) is 23.4 Å². The smallest absolute Gasteiger partial charge is 0.363 e. The van der Waals surface area contributed by atoms with E-state index in [4.69, 9.17) is 11.6 Å². The molecule has 12 heteroatoms. The largest absolute Gasteiger partial charge is 0.417 e. The Balaban J connectivity index is 1.93. The maximum absolute atomic E-state index is 13.4. The normalized spacial score (nSPS) is 15.0. The number of fused-ring (bicyclic) bond motifs is 1. The Morgan fingerprint density at radius 1 is 1.35 bits per heavy atom. The van der Waals surface area contributed by atoms with Gasteiger partial charge in [0, 0.05) is 24.1 Å². The molecule has 0 fully saturated rings. The van der Waals surface area contributed by atoms with Crippen LogP contribution in [-0.4, -0.2) is 41.0 Å². The second kappa shape index (κ2) is 9.65. The summed E-state index contributed by atoms with van der Waals surface area (Å²) in [4.78, 5) is 21.2. The molecule has 6 nitrogen and oxygen atoms in total. The van der Waals surface area contributed by atoms with Crippen molar-refractivity contribution in [2.75, 3.05) is 13.6 Å². The van der Waals surface area contributed by atoms with Crippen LogP contribution in [0.25, 0.3) is 0 Å². The van der Waals surface area contributed by atoms with E-state index < -0.39 is 17.6 Å². The Morgan fingerprint density at radius 3 is 2.81 bits per heavy atom. The summed E-state index contributed by atoms with van der Waals surface area (Å²) < 4.78 is 53.4. The molecule has 1 aromatic heterocycles. The number of alkyl halides is 3. The van der Waals surface area contributed by atoms with Crippen molar-refractivity contribution in [2.24, 2.45) is 5.10 Å². The number of hydrogen-bond acceptors (Lipinski definition) is 7. The molecule has 2 aromatic rings. The topological polar surface area (TPSA) is 70.5 Å². The maximum atomic E-state index is 13.4. The minimum atomic E-state index is -4.70. The highest BCUT2D eigenvalue weighted by Crippen LogP contribution is 2.41. The molecule has 0 aliphatic carbocycles. The van der Waals surface area contributed by atoms with Gasteiger partial charge in [-0.05, 0) is 24.6 Å². The monoisotopic (exact) mass is 473 g/mol. The Morgan fingerprint density at radius 2 is 2.13 bits per heavy atom. The molecule has 0 saturated heterocycles. The van der Waals surface area contributed by atoms with Gasteiger partial charge < -0.3 is 10.3 Å². The first kappa shape index (κ1) is 23.0. The van der Waals surface area contributed by atoms with Crippen LogP contribution in [0.15, 0.2) is 50.3 Å². The summed E-state index contributed by atoms with van der Waals surface area (Å²) in [6.07, 6.45) is -1.13. The quantitative estimate of drug-likeness (QED) is 0.171. The lowest BCUT2D eigenvalue weighted by Gasteiger charge is -2.31. The van der Waals surface area contributed by atoms with Gasteiger partial charge in [0.1, 0.15) is 22.2 Å². The van der Waals surface area contributed by atoms with Gasteiger partial charge in [-0.2, -0.15) is 18.3 Å². The minimum absolute atomic E-state index is 0.0350. The van der Waals surface area contributed by atoms with Crippen LogP contribution in [0, 0.1) is 5.82 Å². The molecule has 0 spiro atoms. The van der Waals surface area contributed by atoms with Gasteiger partial charge in [-0.15, -0.1) is 0 Å². The molecule has 164 valence electrons. The van der Waals surface area contributed by atoms with E-state index in [-0.39, 0.29) is 16.5 Å². The van der Waals surface area contributed by atoms with E-state index in [1.807, 2.05) is 0 Å². The average Bonchev–Trinajstić information content (AvgIpc) is 2.74. The predicted octanol–water partition coefficient (Wildman–Crippen LogP) is 4.00. The summed E-state index contributed by atoms with van der Waals surface area (Å²) in [5, 5.41) is 4.22. The summed E-state index contributed by atoms with van der Waals surface area (Å²) >= 11 is 6.83. The van der Waals surface area contributed by atoms with Gasteiger partial charge in [0.15, 0.2) is 6.29 Å². The fourth-order valence-electron chi connectivity index (χ4n) is 3.02. The number of carbonyl (C=O) groups excluding carboxylic acids is 1. The molecule has 0 radical (unpaired) electrons. The van der Waals surface area contributed by atoms with E-state index in [0.29, 0.717) is 47.3 Å². The molecule has 0 bridgehead atoms. The number of allylic oxidation sites excluding steroid dienone is 2. The lowest BCUT2D eigenvalue weighted by atomic mass is 10.1. The number of aldehydes is 1. The van der Waals surface area contributed by atoms with Crippen molar-refractivity contribution in [1.82, 2.24) is 20.3 Å². The van der Waals surface area contributed by atoms with Gasteiger partial charge >= 0.3 is 6.18 Å². The van der Waals surface area contributed by atoms with E-state index >= 15 is 0 Å². The van der Waals surface area contributed by atoms with Crippen molar-refractivity contribution in [3.63, 3.8) is 0 Å². The number of halogens is 5. The summed E-state index contributed by atoms with van der Waals surface area (Å²) in [6.45, 7) is 0.675. The molecule has 0 unspecified atom stereocenters. The van der Waals surface area contributed by atoms with E-state index in [0.717, 1.165) is 23.9 Å². The van der Waals surface area contributed by atoms with Crippen molar-refractivity contribution >= 4 is 35.9 Å². The van der Waals surface area contributed by atoms with Crippen LogP contribution in [0.2, 0.25) is 0 Å². The number of hydrazone groups is 1. The van der Waals surface area contributed by atoms with Crippen molar-refractivity contribution in [3.05, 3.63) is 57.9 Å². The molecular formula is C19H16ClF4N5OS. The maximum Gasteiger partial charge on any atom is 0.417 e. The zero-order chi connectivity index (χ0) is 22.6. The van der Waals surface area contributed by atoms with Crippen LogP contribution in [0.4, 0.5) is 17.6 Å². The molecule has 2 heterocycles. The van der Waals surface area contributed by atoms with Gasteiger partial charge in [-0.3, -0.25) is 4.79 Å². The third kappa shape index (κ3) is 5.34. The number of rotatable bonds is 6. The van der Waals surface area contributed by atoms with E-state index in [9.17, 15) is 22.4 Å². The second-order valence-corrected chi connectivity index (χ2v) is 7.79. The van der Waals surface area contributed by atoms with Crippen LogP contribution < -0.4 is 5.43 Å². The average molecular weight is 474 g/mol. The molecule has 1 N–H and O–H groups in total. The first-order chi connectivity index (χ1) is 14.7. The van der Waals surface area contributed by atoms with Gasteiger partial charge in [0.2, 0.25) is 0 Å². The fraction of sp³-hybridized carbons (Fsp3) is 0.263. The lowest BCUT2D eigenvalue weighted by Crippen LogP contribution is -2.32. The summed E-state index contributed by atoms with van der Waals surface area (Å²) in [7, 11) is 1.59. The highest BCUT2D eigenvalue weighted by atomic mass is 35.5. The van der Waals surface area contributed by atoms with Crippen LogP contribution in [0.1, 0.15) is 16.8 Å². The van der Waals surface area contributed by atoms with Crippen LogP contribution in [0.5, 0.6) is 0 Å². The van der Waals surface area contributed by atoms with Crippen LogP contribution in [0.3, 0.4) is 0 Å². The second-order valence-electron chi connectivity index (χ2n) is 6.35. The molecule has 0 saturated carbocycles. The Labute approximate surface area is 184 Å². The molecule has 3 rings (SSSR count). The van der Waals surface area contributed by atoms with Crippen molar-refractivity contribution in [2.45, 2.75) is 29.1 Å². The highest BCUT2D eigenvalue weighted by Gasteiger charge is 2.35. The van der Waals surface area contributed by atoms with Crippen LogP contribution in [-0.2, 0) is 23.9 Å². The lowest BCUT2D eigenvalue weighted by molar-refractivity contribution is -0.140. The molecule has 1 aromatic carbocycles. The highest BCUT2D eigenvalue weighted by molar-refractivity contribution is 7.99. The molecule has 1 aliphatic rings. The van der Waals surface area contributed by atoms with Crippen LogP contribution >= 0.6 is 23.4 Å². The molecule has 0 atom stereocenters. The Kier molecular flexibility index (Phi) is 7.16. The number of aromatic nitrogens is 2. The van der Waals surface area contributed by atoms with Crippen molar-refractivity contribution in [3.8, 4) is 0 Å². The van der Waals surface area contributed by atoms with Crippen molar-refractivity contribution in [1.29, 1.82) is 0 Å². The summed E-state index contributed by atoms with van der Waals surface area (Å²) in [5.74, 6) is -0.966. The standard InChI is InChI=1S/C19H16ClF4N5OS/c1-25-28-7-16(14(20)9-30)29-5-4-12-15(8-29)26-10-27-18(12)31-17-3-2-11(21)6-13(17)19(22,23)24/h2-3,6-7,9-10,25H,4-5,8H2,1H3/b16-14-,28-7-. The SMILES string of the molecule is CN/N=C\C(=C(\Cl)C=O)N1CCc2c(ncnc2Sc2ccc(F)cc2C(F)(F)F)C1. The first-order valence-electron chi connectivity index (χ1n) is 8.91. The van der Waals surface area contributed by atoms with Crippen molar-refractivity contribution < 1.29 is 22.4 Å². The number of nitrogens with zero attached hydrogens (tertiary/aromatic N) is 4. The summed E-state index contributed by atoms with van der Waals surface area (Å²) in [6, 6.07) is 2.54. The first-order valence-corrected chi connectivity index (χ1v) is 10.1. The number of hydrogen-bond donors (Lipinski definition) is 1. The van der Waals surface area contributed by atoms with E-state index in [2.05, 4.69) is 20.5 Å². The van der Waals surface area contributed by atoms with Gasteiger partial charge in [0.25, 0.3) is 0 Å². The van der Waals surface area contributed by atoms with Gasteiger partial charge in [-0.25, -0.2) is 14.4 Å². The van der Waals surface area contributed by atoms with Gasteiger partial charge in [0.05, 0.1) is 29.7 Å². The zero-order valence-electron chi connectivity index (χ0n) is 16.1. The molecular weight excluding hydrogens is 458 g/mol. The summed E-state index contributed by atoms with van der Waals surface area (Å²) in [5.41, 5.74) is 3.19. The third-order valence-electron chi connectivity index (χ3n) is 4.43. The number of benzene rings is 1. The Bertz CT molecular complexity index is 1040. The number of carbonyl (C=O) groups is 1. The molecule has 31 heavy (non-hydrogen) atoms. The predicted molar refractivity (Wildman–Crippen MR) is 108 cm³/mol. The minimum Gasteiger partial charge on any atom is -0.363 e. The van der Waals surface area contributed by atoms with E-state index in [1.165, 1.54) is 12.5 Å². The Hall–Kier alpha value is -2.66. The molecule has 1 aliphatic heterocycles. The van der Waals surface area contributed by atoms with E-state index in [1.54, 1.807) is 11.9 Å². The third-order valence-corrected chi connectivity index (χ3v) is 5.83. The zero-order valence-corrected chi connectivity index (χ0v) is 17.7. The fourth-order valence-corrected chi connectivity index (χ4v) is 4.26.